The number of nitrogens with zero attached hydrogens (tertiary/aromatic N) is 1. The molecule has 88 valence electrons. The van der Waals surface area contributed by atoms with Gasteiger partial charge in [0.05, 0.1) is 0 Å². The number of hydrogen-bond donors (Lipinski definition) is 1. The molecule has 1 aliphatic carbocycles. The lowest BCUT2D eigenvalue weighted by Crippen LogP contribution is -2.41. The number of hydrogen-bond acceptors (Lipinski definition) is 1. The molecule has 0 bridgehead atoms. The molecule has 0 aliphatic heterocycles. The molecule has 1 heterocycles. The lowest BCUT2D eigenvalue weighted by atomic mass is 9.91. The largest absolute Gasteiger partial charge is 0.361 e. The second-order valence-corrected chi connectivity index (χ2v) is 4.78. The minimum absolute atomic E-state index is 0.131. The van der Waals surface area contributed by atoms with Crippen molar-refractivity contribution in [3.05, 3.63) is 36.0 Å². The molecule has 1 aliphatic rings. The van der Waals surface area contributed by atoms with Crippen molar-refractivity contribution in [1.29, 1.82) is 0 Å². The highest BCUT2D eigenvalue weighted by Gasteiger charge is 2.26. The van der Waals surface area contributed by atoms with E-state index in [1.165, 1.54) is 6.42 Å². The number of fused-ring (bicyclic) bond motifs is 1. The Morgan fingerprint density at radius 1 is 1.35 bits per heavy atom. The molecular formula is C14H16N2O. The van der Waals surface area contributed by atoms with Gasteiger partial charge < -0.3 is 9.88 Å². The lowest BCUT2D eigenvalue weighted by Gasteiger charge is -2.34. The van der Waals surface area contributed by atoms with Crippen LogP contribution in [-0.4, -0.2) is 28.9 Å². The van der Waals surface area contributed by atoms with Gasteiger partial charge in [-0.15, -0.1) is 0 Å². The predicted octanol–water partition coefficient (Wildman–Crippen LogP) is 2.79. The zero-order chi connectivity index (χ0) is 11.8. The second kappa shape index (κ2) is 3.91. The van der Waals surface area contributed by atoms with E-state index in [0.29, 0.717) is 6.04 Å². The quantitative estimate of drug-likeness (QED) is 0.843. The van der Waals surface area contributed by atoms with Crippen molar-refractivity contribution in [2.75, 3.05) is 7.05 Å². The SMILES string of the molecule is CN(C(=O)c1ccc2cc[nH]c2c1)C1CCC1. The fourth-order valence-corrected chi connectivity index (χ4v) is 2.32. The van der Waals surface area contributed by atoms with Crippen molar-refractivity contribution >= 4 is 16.8 Å². The summed E-state index contributed by atoms with van der Waals surface area (Å²) in [5, 5.41) is 1.15. The molecule has 0 spiro atoms. The van der Waals surface area contributed by atoms with Crippen LogP contribution in [0.3, 0.4) is 0 Å². The Bertz CT molecular complexity index is 554. The number of carbonyl (C=O) groups excluding carboxylic acids is 1. The molecule has 0 unspecified atom stereocenters. The Balaban J connectivity index is 1.88. The molecule has 3 heteroatoms. The molecule has 0 radical (unpaired) electrons. The van der Waals surface area contributed by atoms with Crippen LogP contribution in [0.2, 0.25) is 0 Å². The minimum atomic E-state index is 0.131. The van der Waals surface area contributed by atoms with Crippen molar-refractivity contribution in [2.24, 2.45) is 0 Å². The molecular weight excluding hydrogens is 212 g/mol. The molecule has 1 saturated carbocycles. The molecule has 1 aromatic carbocycles. The van der Waals surface area contributed by atoms with E-state index in [1.807, 2.05) is 42.4 Å². The van der Waals surface area contributed by atoms with Crippen LogP contribution >= 0.6 is 0 Å². The van der Waals surface area contributed by atoms with Crippen LogP contribution in [0.15, 0.2) is 30.5 Å². The van der Waals surface area contributed by atoms with Gasteiger partial charge in [0.25, 0.3) is 5.91 Å². The molecule has 1 N–H and O–H groups in total. The zero-order valence-electron chi connectivity index (χ0n) is 9.94. The molecule has 1 fully saturated rings. The van der Waals surface area contributed by atoms with Gasteiger partial charge in [0.1, 0.15) is 0 Å². The summed E-state index contributed by atoms with van der Waals surface area (Å²) in [5.41, 5.74) is 1.80. The molecule has 1 amide bonds. The van der Waals surface area contributed by atoms with E-state index >= 15 is 0 Å². The standard InChI is InChI=1S/C14H16N2O/c1-16(12-3-2-4-12)14(17)11-6-5-10-7-8-15-13(10)9-11/h5-9,12,15H,2-4H2,1H3. The third kappa shape index (κ3) is 1.71. The van der Waals surface area contributed by atoms with E-state index in [2.05, 4.69) is 4.98 Å². The van der Waals surface area contributed by atoms with E-state index < -0.39 is 0 Å². The van der Waals surface area contributed by atoms with Gasteiger partial charge in [0.2, 0.25) is 0 Å². The molecule has 0 saturated heterocycles. The number of benzene rings is 1. The Labute approximate surface area is 100 Å². The van der Waals surface area contributed by atoms with E-state index in [9.17, 15) is 4.79 Å². The first-order valence-electron chi connectivity index (χ1n) is 6.10. The maximum atomic E-state index is 12.3. The molecule has 0 atom stereocenters. The fourth-order valence-electron chi connectivity index (χ4n) is 2.32. The maximum Gasteiger partial charge on any atom is 0.253 e. The van der Waals surface area contributed by atoms with Crippen LogP contribution in [0, 0.1) is 0 Å². The van der Waals surface area contributed by atoms with Crippen LogP contribution in [0.25, 0.3) is 10.9 Å². The van der Waals surface area contributed by atoms with Gasteiger partial charge in [0, 0.05) is 30.4 Å². The van der Waals surface area contributed by atoms with E-state index in [1.54, 1.807) is 0 Å². The third-order valence-electron chi connectivity index (χ3n) is 3.74. The average molecular weight is 228 g/mol. The molecule has 17 heavy (non-hydrogen) atoms. The van der Waals surface area contributed by atoms with E-state index in [4.69, 9.17) is 0 Å². The Morgan fingerprint density at radius 2 is 2.18 bits per heavy atom. The number of carbonyl (C=O) groups is 1. The maximum absolute atomic E-state index is 12.3. The minimum Gasteiger partial charge on any atom is -0.361 e. The summed E-state index contributed by atoms with van der Waals surface area (Å²) in [7, 11) is 1.91. The van der Waals surface area contributed by atoms with Gasteiger partial charge in [-0.2, -0.15) is 0 Å². The van der Waals surface area contributed by atoms with Gasteiger partial charge in [-0.05, 0) is 42.8 Å². The van der Waals surface area contributed by atoms with Crippen LogP contribution < -0.4 is 0 Å². The topological polar surface area (TPSA) is 36.1 Å². The molecule has 3 nitrogen and oxygen atoms in total. The number of nitrogens with one attached hydrogen (secondary N) is 1. The second-order valence-electron chi connectivity index (χ2n) is 4.78. The smallest absolute Gasteiger partial charge is 0.253 e. The van der Waals surface area contributed by atoms with Gasteiger partial charge >= 0.3 is 0 Å². The highest BCUT2D eigenvalue weighted by Crippen LogP contribution is 2.25. The predicted molar refractivity (Wildman–Crippen MR) is 68.0 cm³/mol. The average Bonchev–Trinajstić information content (AvgIpc) is 2.72. The highest BCUT2D eigenvalue weighted by molar-refractivity contribution is 5.98. The Kier molecular flexibility index (Phi) is 2.39. The lowest BCUT2D eigenvalue weighted by molar-refractivity contribution is 0.0652. The van der Waals surface area contributed by atoms with Crippen molar-refractivity contribution in [1.82, 2.24) is 9.88 Å². The molecule has 2 aromatic rings. The monoisotopic (exact) mass is 228 g/mol. The number of H-pyrrole nitrogens is 1. The van der Waals surface area contributed by atoms with Crippen LogP contribution in [-0.2, 0) is 0 Å². The first-order chi connectivity index (χ1) is 8.25. The summed E-state index contributed by atoms with van der Waals surface area (Å²) in [6.45, 7) is 0. The summed E-state index contributed by atoms with van der Waals surface area (Å²) >= 11 is 0. The van der Waals surface area contributed by atoms with Gasteiger partial charge in [-0.25, -0.2) is 0 Å². The Hall–Kier alpha value is -1.77. The molecule has 1 aromatic heterocycles. The summed E-state index contributed by atoms with van der Waals surface area (Å²) < 4.78 is 0. The number of rotatable bonds is 2. The van der Waals surface area contributed by atoms with Gasteiger partial charge in [-0.1, -0.05) is 6.07 Å². The number of amides is 1. The summed E-state index contributed by atoms with van der Waals surface area (Å²) in [6.07, 6.45) is 5.44. The molecule has 3 rings (SSSR count). The van der Waals surface area contributed by atoms with Crippen LogP contribution in [0.1, 0.15) is 29.6 Å². The van der Waals surface area contributed by atoms with Crippen molar-refractivity contribution in [3.63, 3.8) is 0 Å². The van der Waals surface area contributed by atoms with E-state index in [0.717, 1.165) is 29.3 Å². The zero-order valence-corrected chi connectivity index (χ0v) is 9.94. The van der Waals surface area contributed by atoms with E-state index in [-0.39, 0.29) is 5.91 Å². The third-order valence-corrected chi connectivity index (χ3v) is 3.74. The first kappa shape index (κ1) is 10.4. The summed E-state index contributed by atoms with van der Waals surface area (Å²) in [4.78, 5) is 17.3. The van der Waals surface area contributed by atoms with Crippen LogP contribution in [0.4, 0.5) is 0 Å². The highest BCUT2D eigenvalue weighted by atomic mass is 16.2. The van der Waals surface area contributed by atoms with Crippen molar-refractivity contribution in [2.45, 2.75) is 25.3 Å². The van der Waals surface area contributed by atoms with Crippen molar-refractivity contribution in [3.8, 4) is 0 Å². The first-order valence-corrected chi connectivity index (χ1v) is 6.10. The van der Waals surface area contributed by atoms with Gasteiger partial charge in [0.15, 0.2) is 0 Å². The van der Waals surface area contributed by atoms with Crippen LogP contribution in [0.5, 0.6) is 0 Å². The number of aromatic amines is 1. The van der Waals surface area contributed by atoms with Gasteiger partial charge in [-0.3, -0.25) is 4.79 Å². The summed E-state index contributed by atoms with van der Waals surface area (Å²) in [6, 6.07) is 8.30. The van der Waals surface area contributed by atoms with Crippen molar-refractivity contribution < 1.29 is 4.79 Å². The Morgan fingerprint density at radius 3 is 2.88 bits per heavy atom. The fraction of sp³-hybridized carbons (Fsp3) is 0.357. The summed E-state index contributed by atoms with van der Waals surface area (Å²) in [5.74, 6) is 0.131. The number of aromatic nitrogens is 1. The normalized spacial score (nSPS) is 15.8.